The Kier molecular flexibility index (Phi) is 8.65. The van der Waals surface area contributed by atoms with E-state index in [9.17, 15) is 19.2 Å². The van der Waals surface area contributed by atoms with Crippen molar-refractivity contribution in [2.24, 2.45) is 5.92 Å². The average molecular weight is 522 g/mol. The number of anilines is 1. The van der Waals surface area contributed by atoms with Crippen molar-refractivity contribution in [2.75, 3.05) is 70.5 Å². The number of rotatable bonds is 7. The molecule has 1 aromatic carbocycles. The number of hydrogen-bond donors (Lipinski definition) is 2. The van der Waals surface area contributed by atoms with Gasteiger partial charge in [0.15, 0.2) is 0 Å². The largest absolute Gasteiger partial charge is 0.465 e. The first-order valence-electron chi connectivity index (χ1n) is 12.3. The molecule has 0 aromatic heterocycles. The lowest BCUT2D eigenvalue weighted by atomic mass is 9.97. The fourth-order valence-electron chi connectivity index (χ4n) is 4.74. The minimum atomic E-state index is -0.862. The first-order chi connectivity index (χ1) is 17.3. The fourth-order valence-corrected chi connectivity index (χ4v) is 4.96. The lowest BCUT2D eigenvalue weighted by Crippen LogP contribution is -2.49. The topological polar surface area (TPSA) is 123 Å². The van der Waals surface area contributed by atoms with Crippen LogP contribution < -0.4 is 10.2 Å². The summed E-state index contributed by atoms with van der Waals surface area (Å²) in [5, 5.41) is 11.6. The van der Waals surface area contributed by atoms with E-state index in [1.54, 1.807) is 18.2 Å². The van der Waals surface area contributed by atoms with Gasteiger partial charge in [-0.25, -0.2) is 9.59 Å². The molecule has 4 rings (SSSR count). The summed E-state index contributed by atoms with van der Waals surface area (Å²) >= 11 is 6.30. The molecule has 36 heavy (non-hydrogen) atoms. The average Bonchev–Trinajstić information content (AvgIpc) is 2.87. The molecule has 0 saturated carbocycles. The van der Waals surface area contributed by atoms with Gasteiger partial charge in [-0.05, 0) is 37.0 Å². The van der Waals surface area contributed by atoms with Crippen LogP contribution in [0.2, 0.25) is 5.02 Å². The van der Waals surface area contributed by atoms with Crippen LogP contribution in [0.25, 0.3) is 0 Å². The van der Waals surface area contributed by atoms with Crippen molar-refractivity contribution in [3.05, 3.63) is 28.8 Å². The van der Waals surface area contributed by atoms with Crippen LogP contribution >= 0.6 is 11.6 Å². The Labute approximate surface area is 214 Å². The number of carboxylic acid groups (broad SMARTS) is 1. The van der Waals surface area contributed by atoms with E-state index >= 15 is 0 Å². The number of nitrogens with one attached hydrogen (secondary N) is 1. The van der Waals surface area contributed by atoms with Crippen molar-refractivity contribution < 1.29 is 29.0 Å². The summed E-state index contributed by atoms with van der Waals surface area (Å²) in [5.74, 6) is -0.0559. The Bertz CT molecular complexity index is 991. The van der Waals surface area contributed by atoms with Crippen molar-refractivity contribution in [2.45, 2.75) is 19.3 Å². The summed E-state index contributed by atoms with van der Waals surface area (Å²) < 4.78 is 5.89. The van der Waals surface area contributed by atoms with Crippen LogP contribution in [0.5, 0.6) is 0 Å². The van der Waals surface area contributed by atoms with Crippen molar-refractivity contribution in [3.63, 3.8) is 0 Å². The molecule has 3 aliphatic heterocycles. The molecule has 12 heteroatoms. The second-order valence-electron chi connectivity index (χ2n) is 9.34. The van der Waals surface area contributed by atoms with Crippen molar-refractivity contribution in [3.8, 4) is 0 Å². The van der Waals surface area contributed by atoms with Crippen molar-refractivity contribution in [1.29, 1.82) is 0 Å². The summed E-state index contributed by atoms with van der Waals surface area (Å²) in [6.45, 7) is 6.01. The van der Waals surface area contributed by atoms with Gasteiger partial charge in [0.25, 0.3) is 5.91 Å². The number of carbonyl (C=O) groups is 4. The van der Waals surface area contributed by atoms with E-state index in [0.29, 0.717) is 61.6 Å². The summed E-state index contributed by atoms with van der Waals surface area (Å²) in [6.07, 6.45) is 1.01. The van der Waals surface area contributed by atoms with E-state index in [1.807, 2.05) is 4.90 Å². The lowest BCUT2D eigenvalue weighted by molar-refractivity contribution is -0.120. The third-order valence-corrected chi connectivity index (χ3v) is 7.31. The molecule has 196 valence electrons. The molecule has 0 atom stereocenters. The van der Waals surface area contributed by atoms with Crippen LogP contribution in [0.4, 0.5) is 15.3 Å². The Morgan fingerprint density at radius 1 is 1.03 bits per heavy atom. The molecular weight excluding hydrogens is 490 g/mol. The monoisotopic (exact) mass is 521 g/mol. The van der Waals surface area contributed by atoms with E-state index in [4.69, 9.17) is 21.4 Å². The number of hydrogen-bond acceptors (Lipinski definition) is 6. The van der Waals surface area contributed by atoms with Gasteiger partial charge in [0.1, 0.15) is 0 Å². The molecule has 11 nitrogen and oxygen atoms in total. The predicted octanol–water partition coefficient (Wildman–Crippen LogP) is 1.95. The number of piperidine rings is 1. The van der Waals surface area contributed by atoms with Crippen LogP contribution in [0.1, 0.15) is 29.6 Å². The number of urea groups is 1. The van der Waals surface area contributed by atoms with Crippen LogP contribution in [-0.4, -0.2) is 109 Å². The first kappa shape index (κ1) is 26.2. The fraction of sp³-hybridized carbons (Fsp3) is 0.583. The normalized spacial score (nSPS) is 20.0. The van der Waals surface area contributed by atoms with E-state index in [-0.39, 0.29) is 24.8 Å². The maximum atomic E-state index is 13.1. The van der Waals surface area contributed by atoms with E-state index in [1.165, 1.54) is 9.80 Å². The SMILES string of the molecule is O=C1CCN(c2cc(C(=O)N3CCC(COCCN4CCN(C(=O)O)CC4)CC3)ccc2Cl)C(=O)N1. The second-order valence-corrected chi connectivity index (χ2v) is 9.75. The van der Waals surface area contributed by atoms with Gasteiger partial charge in [-0.2, -0.15) is 0 Å². The van der Waals surface area contributed by atoms with Gasteiger partial charge in [-0.1, -0.05) is 11.6 Å². The number of imide groups is 1. The summed E-state index contributed by atoms with van der Waals surface area (Å²) in [5.41, 5.74) is 0.872. The van der Waals surface area contributed by atoms with E-state index < -0.39 is 12.1 Å². The zero-order chi connectivity index (χ0) is 25.7. The highest BCUT2D eigenvalue weighted by Gasteiger charge is 2.28. The summed E-state index contributed by atoms with van der Waals surface area (Å²) in [7, 11) is 0. The number of piperazine rings is 1. The zero-order valence-electron chi connectivity index (χ0n) is 20.2. The predicted molar refractivity (Wildman–Crippen MR) is 132 cm³/mol. The third kappa shape index (κ3) is 6.45. The van der Waals surface area contributed by atoms with Crippen LogP contribution in [0.3, 0.4) is 0 Å². The lowest BCUT2D eigenvalue weighted by Gasteiger charge is -2.34. The van der Waals surface area contributed by atoms with Crippen LogP contribution in [0, 0.1) is 5.92 Å². The maximum absolute atomic E-state index is 13.1. The van der Waals surface area contributed by atoms with E-state index in [0.717, 1.165) is 32.5 Å². The van der Waals surface area contributed by atoms with E-state index in [2.05, 4.69) is 10.2 Å². The Morgan fingerprint density at radius 3 is 2.42 bits per heavy atom. The van der Waals surface area contributed by atoms with Crippen molar-refractivity contribution >= 4 is 41.2 Å². The molecule has 1 aromatic rings. The smallest absolute Gasteiger partial charge is 0.407 e. The highest BCUT2D eigenvalue weighted by atomic mass is 35.5. The van der Waals surface area contributed by atoms with Crippen molar-refractivity contribution in [1.82, 2.24) is 20.0 Å². The molecule has 3 saturated heterocycles. The van der Waals surface area contributed by atoms with Gasteiger partial charge in [-0.3, -0.25) is 24.7 Å². The zero-order valence-corrected chi connectivity index (χ0v) is 20.9. The minimum absolute atomic E-state index is 0.110. The summed E-state index contributed by atoms with van der Waals surface area (Å²) in [6, 6.07) is 4.34. The first-order valence-corrected chi connectivity index (χ1v) is 12.7. The number of carbonyl (C=O) groups excluding carboxylic acids is 3. The molecule has 0 aliphatic carbocycles. The van der Waals surface area contributed by atoms with Gasteiger partial charge in [0, 0.05) is 70.9 Å². The summed E-state index contributed by atoms with van der Waals surface area (Å²) in [4.78, 5) is 54.6. The Balaban J connectivity index is 1.20. The standard InChI is InChI=1S/C24H32ClN5O6/c25-19-2-1-18(15-20(19)30-8-5-21(31)26-23(30)33)22(32)28-6-3-17(4-7-28)16-36-14-13-27-9-11-29(12-10-27)24(34)35/h1-2,15,17H,3-14,16H2,(H,34,35)(H,26,31,33). The van der Waals surface area contributed by atoms with Gasteiger partial charge < -0.3 is 19.6 Å². The Hall–Kier alpha value is -2.89. The molecule has 5 amide bonds. The number of benzene rings is 1. The molecule has 0 spiro atoms. The second kappa shape index (κ2) is 11.9. The third-order valence-electron chi connectivity index (χ3n) is 6.99. The van der Waals surface area contributed by atoms with Gasteiger partial charge in [0.05, 0.1) is 17.3 Å². The number of likely N-dealkylation sites (tertiary alicyclic amines) is 1. The highest BCUT2D eigenvalue weighted by Crippen LogP contribution is 2.29. The molecule has 3 heterocycles. The number of ether oxygens (including phenoxy) is 1. The van der Waals surface area contributed by atoms with Crippen LogP contribution in [0.15, 0.2) is 18.2 Å². The number of nitrogens with zero attached hydrogens (tertiary/aromatic N) is 4. The van der Waals surface area contributed by atoms with Gasteiger partial charge in [-0.15, -0.1) is 0 Å². The quantitative estimate of drug-likeness (QED) is 0.526. The molecule has 0 radical (unpaired) electrons. The van der Waals surface area contributed by atoms with Crippen LogP contribution in [-0.2, 0) is 9.53 Å². The molecule has 3 aliphatic rings. The maximum Gasteiger partial charge on any atom is 0.407 e. The molecule has 3 fully saturated rings. The number of halogens is 1. The molecular formula is C24H32ClN5O6. The molecule has 0 unspecified atom stereocenters. The molecule has 0 bridgehead atoms. The highest BCUT2D eigenvalue weighted by molar-refractivity contribution is 6.34. The van der Waals surface area contributed by atoms with Gasteiger partial charge >= 0.3 is 12.1 Å². The molecule has 2 N–H and O–H groups in total. The Morgan fingerprint density at radius 2 is 1.75 bits per heavy atom. The minimum Gasteiger partial charge on any atom is -0.465 e. The van der Waals surface area contributed by atoms with Gasteiger partial charge in [0.2, 0.25) is 5.91 Å². The number of amides is 5.